The average Bonchev–Trinajstić information content (AvgIpc) is 3.22. The number of nitrogens with one attached hydrogen (secondary N) is 2. The Morgan fingerprint density at radius 1 is 1.41 bits per heavy atom. The molecule has 0 aliphatic carbocycles. The van der Waals surface area contributed by atoms with Crippen LogP contribution in [0.25, 0.3) is 0 Å². The fourth-order valence-electron chi connectivity index (χ4n) is 3.41. The summed E-state index contributed by atoms with van der Waals surface area (Å²) in [5.74, 6) is 0.812. The number of hydrogen-bond acceptors (Lipinski definition) is 6. The van der Waals surface area contributed by atoms with Gasteiger partial charge in [-0.1, -0.05) is 12.1 Å². The van der Waals surface area contributed by atoms with Gasteiger partial charge in [0.25, 0.3) is 0 Å². The van der Waals surface area contributed by atoms with Gasteiger partial charge in [0.1, 0.15) is 6.07 Å². The molecule has 2 N–H and O–H groups in total. The summed E-state index contributed by atoms with van der Waals surface area (Å²) in [6.07, 6.45) is 2.16. The van der Waals surface area contributed by atoms with Crippen molar-refractivity contribution in [3.8, 4) is 6.07 Å². The first kappa shape index (κ1) is 20.9. The molecular weight excluding hydrogens is 382 g/mol. The van der Waals surface area contributed by atoms with Crippen LogP contribution < -0.4 is 20.4 Å². The number of nitriles is 1. The smallest absolute Gasteiger partial charge is 0.191 e. The van der Waals surface area contributed by atoms with E-state index in [-0.39, 0.29) is 6.04 Å². The third-order valence-corrected chi connectivity index (χ3v) is 5.85. The average molecular weight is 412 g/mol. The molecule has 1 atom stereocenters. The summed E-state index contributed by atoms with van der Waals surface area (Å²) in [6, 6.07) is 10.4. The SMILES string of the molecule is CCNC(=NCc1csc(N(C)C)n1)NC1CCCN(c2ccccc2C#N)C1. The number of rotatable bonds is 6. The lowest BCUT2D eigenvalue weighted by atomic mass is 10.0. The molecule has 1 aromatic heterocycles. The summed E-state index contributed by atoms with van der Waals surface area (Å²) in [5, 5.41) is 19.4. The quantitative estimate of drug-likeness (QED) is 0.562. The lowest BCUT2D eigenvalue weighted by Crippen LogP contribution is -2.51. The van der Waals surface area contributed by atoms with E-state index in [2.05, 4.69) is 38.9 Å². The number of benzene rings is 1. The van der Waals surface area contributed by atoms with Crippen molar-refractivity contribution in [2.45, 2.75) is 32.4 Å². The maximum Gasteiger partial charge on any atom is 0.191 e. The number of thiazole rings is 1. The second-order valence-corrected chi connectivity index (χ2v) is 8.11. The highest BCUT2D eigenvalue weighted by Gasteiger charge is 2.22. The van der Waals surface area contributed by atoms with Crippen molar-refractivity contribution in [3.05, 3.63) is 40.9 Å². The number of aromatic nitrogens is 1. The van der Waals surface area contributed by atoms with E-state index in [9.17, 15) is 5.26 Å². The van der Waals surface area contributed by atoms with E-state index in [0.717, 1.165) is 60.5 Å². The standard InChI is InChI=1S/C21H29N7S/c1-4-23-20(24-13-18-15-29-21(26-18)27(2)3)25-17-9-7-11-28(14-17)19-10-6-5-8-16(19)12-22/h5-6,8,10,15,17H,4,7,9,11,13-14H2,1-3H3,(H2,23,24,25). The van der Waals surface area contributed by atoms with Crippen LogP contribution in [-0.2, 0) is 6.54 Å². The van der Waals surface area contributed by atoms with Crippen molar-refractivity contribution < 1.29 is 0 Å². The van der Waals surface area contributed by atoms with Crippen LogP contribution in [0.3, 0.4) is 0 Å². The van der Waals surface area contributed by atoms with E-state index < -0.39 is 0 Å². The molecule has 8 heteroatoms. The summed E-state index contributed by atoms with van der Waals surface area (Å²) in [4.78, 5) is 13.6. The molecule has 0 saturated carbocycles. The van der Waals surface area contributed by atoms with Crippen molar-refractivity contribution in [2.75, 3.05) is 43.5 Å². The molecule has 1 unspecified atom stereocenters. The third-order valence-electron chi connectivity index (χ3n) is 4.79. The van der Waals surface area contributed by atoms with Crippen molar-refractivity contribution in [1.82, 2.24) is 15.6 Å². The summed E-state index contributed by atoms with van der Waals surface area (Å²) in [6.45, 7) is 5.24. The molecular formula is C21H29N7S. The number of para-hydroxylation sites is 1. The van der Waals surface area contributed by atoms with Gasteiger partial charge in [-0.2, -0.15) is 5.26 Å². The largest absolute Gasteiger partial charge is 0.368 e. The first-order valence-corrected chi connectivity index (χ1v) is 10.9. The molecule has 154 valence electrons. The molecule has 3 rings (SSSR count). The monoisotopic (exact) mass is 411 g/mol. The van der Waals surface area contributed by atoms with Crippen LogP contribution >= 0.6 is 11.3 Å². The number of aliphatic imine (C=N–C) groups is 1. The predicted octanol–water partition coefficient (Wildman–Crippen LogP) is 2.80. The molecule has 1 aromatic carbocycles. The summed E-state index contributed by atoms with van der Waals surface area (Å²) in [7, 11) is 3.99. The van der Waals surface area contributed by atoms with Crippen LogP contribution in [0.5, 0.6) is 0 Å². The van der Waals surface area contributed by atoms with Gasteiger partial charge in [0.05, 0.1) is 23.5 Å². The highest BCUT2D eigenvalue weighted by molar-refractivity contribution is 7.13. The first-order chi connectivity index (χ1) is 14.1. The normalized spacial score (nSPS) is 17.0. The Morgan fingerprint density at radius 2 is 2.24 bits per heavy atom. The van der Waals surface area contributed by atoms with Gasteiger partial charge >= 0.3 is 0 Å². The molecule has 0 amide bonds. The van der Waals surface area contributed by atoms with Gasteiger partial charge in [-0.15, -0.1) is 11.3 Å². The molecule has 0 spiro atoms. The number of nitrogens with zero attached hydrogens (tertiary/aromatic N) is 5. The summed E-state index contributed by atoms with van der Waals surface area (Å²) < 4.78 is 0. The topological polar surface area (TPSA) is 79.6 Å². The Hall–Kier alpha value is -2.79. The Balaban J connectivity index is 1.65. The first-order valence-electron chi connectivity index (χ1n) is 10.0. The van der Waals surface area contributed by atoms with E-state index in [4.69, 9.17) is 4.99 Å². The minimum absolute atomic E-state index is 0.279. The van der Waals surface area contributed by atoms with Crippen LogP contribution in [0.4, 0.5) is 10.8 Å². The maximum absolute atomic E-state index is 9.42. The number of hydrogen-bond donors (Lipinski definition) is 2. The number of piperidine rings is 1. The molecule has 7 nitrogen and oxygen atoms in total. The van der Waals surface area contributed by atoms with Gasteiger partial charge in [0, 0.05) is 45.2 Å². The van der Waals surface area contributed by atoms with Gasteiger partial charge in [0.15, 0.2) is 11.1 Å². The third kappa shape index (κ3) is 5.61. The van der Waals surface area contributed by atoms with Gasteiger partial charge in [0.2, 0.25) is 0 Å². The Kier molecular flexibility index (Phi) is 7.30. The molecule has 1 aliphatic heterocycles. The molecule has 2 aromatic rings. The number of anilines is 2. The summed E-state index contributed by atoms with van der Waals surface area (Å²) in [5.41, 5.74) is 2.72. The van der Waals surface area contributed by atoms with Crippen LogP contribution in [0.2, 0.25) is 0 Å². The fraction of sp³-hybridized carbons (Fsp3) is 0.476. The molecule has 1 fully saturated rings. The zero-order valence-corrected chi connectivity index (χ0v) is 18.2. The van der Waals surface area contributed by atoms with Gasteiger partial charge in [-0.3, -0.25) is 0 Å². The van der Waals surface area contributed by atoms with Crippen LogP contribution in [0.15, 0.2) is 34.6 Å². The minimum Gasteiger partial charge on any atom is -0.368 e. The van der Waals surface area contributed by atoms with Crippen molar-refractivity contribution in [3.63, 3.8) is 0 Å². The zero-order chi connectivity index (χ0) is 20.6. The molecule has 1 saturated heterocycles. The van der Waals surface area contributed by atoms with E-state index >= 15 is 0 Å². The molecule has 0 radical (unpaired) electrons. The molecule has 1 aliphatic rings. The molecule has 2 heterocycles. The van der Waals surface area contributed by atoms with E-state index in [1.165, 1.54) is 0 Å². The van der Waals surface area contributed by atoms with E-state index in [0.29, 0.717) is 6.54 Å². The van der Waals surface area contributed by atoms with Gasteiger partial charge < -0.3 is 20.4 Å². The number of guanidine groups is 1. The van der Waals surface area contributed by atoms with E-state index in [1.807, 2.05) is 43.3 Å². The Labute approximate surface area is 177 Å². The Bertz CT molecular complexity index is 868. The van der Waals surface area contributed by atoms with Crippen molar-refractivity contribution in [1.29, 1.82) is 5.26 Å². The highest BCUT2D eigenvalue weighted by Crippen LogP contribution is 2.23. The van der Waals surface area contributed by atoms with Gasteiger partial charge in [-0.05, 0) is 31.9 Å². The Morgan fingerprint density at radius 3 is 2.97 bits per heavy atom. The highest BCUT2D eigenvalue weighted by atomic mass is 32.1. The second kappa shape index (κ2) is 10.1. The molecule has 29 heavy (non-hydrogen) atoms. The second-order valence-electron chi connectivity index (χ2n) is 7.27. The fourth-order valence-corrected chi connectivity index (χ4v) is 4.15. The van der Waals surface area contributed by atoms with Crippen LogP contribution in [-0.4, -0.2) is 50.7 Å². The van der Waals surface area contributed by atoms with E-state index in [1.54, 1.807) is 11.3 Å². The summed E-state index contributed by atoms with van der Waals surface area (Å²) >= 11 is 1.63. The minimum atomic E-state index is 0.279. The van der Waals surface area contributed by atoms with Crippen molar-refractivity contribution in [2.24, 2.45) is 4.99 Å². The van der Waals surface area contributed by atoms with Gasteiger partial charge in [-0.25, -0.2) is 9.98 Å². The predicted molar refractivity (Wildman–Crippen MR) is 121 cm³/mol. The molecule has 0 bridgehead atoms. The maximum atomic E-state index is 9.42. The zero-order valence-electron chi connectivity index (χ0n) is 17.4. The lowest BCUT2D eigenvalue weighted by molar-refractivity contribution is 0.468. The van der Waals surface area contributed by atoms with Crippen molar-refractivity contribution >= 4 is 28.1 Å². The van der Waals surface area contributed by atoms with Crippen LogP contribution in [0, 0.1) is 11.3 Å². The lowest BCUT2D eigenvalue weighted by Gasteiger charge is -2.35. The van der Waals surface area contributed by atoms with Crippen LogP contribution in [0.1, 0.15) is 31.0 Å².